The monoisotopic (exact) mass is 399 g/mol. The zero-order valence-corrected chi connectivity index (χ0v) is 16.7. The molecule has 0 bridgehead atoms. The first-order chi connectivity index (χ1) is 13.8. The molecule has 0 unspecified atom stereocenters. The smallest absolute Gasteiger partial charge is 0.253 e. The highest BCUT2D eigenvalue weighted by atomic mass is 32.2. The lowest BCUT2D eigenvalue weighted by Crippen LogP contribution is -2.31. The number of pyridine rings is 1. The number of benzene rings is 1. The quantitative estimate of drug-likeness (QED) is 0.721. The molecule has 28 heavy (non-hydrogen) atoms. The number of rotatable bonds is 7. The predicted molar refractivity (Wildman–Crippen MR) is 109 cm³/mol. The average molecular weight is 400 g/mol. The molecule has 0 spiro atoms. The lowest BCUT2D eigenvalue weighted by atomic mass is 10.1. The molecule has 2 aliphatic heterocycles. The van der Waals surface area contributed by atoms with Crippen LogP contribution in [0.4, 0.5) is 0 Å². The number of hydrogen-bond donors (Lipinski definition) is 1. The van der Waals surface area contributed by atoms with Crippen LogP contribution in [0, 0.1) is 0 Å². The van der Waals surface area contributed by atoms with E-state index >= 15 is 0 Å². The third-order valence-corrected chi connectivity index (χ3v) is 5.92. The van der Waals surface area contributed by atoms with E-state index in [9.17, 15) is 4.79 Å². The van der Waals surface area contributed by atoms with Gasteiger partial charge in [-0.2, -0.15) is 0 Å². The largest absolute Gasteiger partial charge is 0.454 e. The Balaban J connectivity index is 1.23. The van der Waals surface area contributed by atoms with E-state index in [2.05, 4.69) is 15.2 Å². The van der Waals surface area contributed by atoms with Crippen molar-refractivity contribution in [1.29, 1.82) is 0 Å². The van der Waals surface area contributed by atoms with Gasteiger partial charge in [-0.05, 0) is 55.8 Å². The summed E-state index contributed by atoms with van der Waals surface area (Å²) >= 11 is 1.75. The van der Waals surface area contributed by atoms with Crippen LogP contribution in [0.5, 0.6) is 11.5 Å². The van der Waals surface area contributed by atoms with Crippen LogP contribution in [-0.4, -0.2) is 48.0 Å². The molecule has 0 atom stereocenters. The van der Waals surface area contributed by atoms with Crippen molar-refractivity contribution in [1.82, 2.24) is 15.2 Å². The Morgan fingerprint density at radius 3 is 2.79 bits per heavy atom. The standard InChI is InChI=1S/C21H25N3O3S/c25-21(23-13-16-4-6-18-19(12-16)27-15-26-18)17-5-7-20(22-14-17)28-11-10-24-8-2-1-3-9-24/h4-7,12,14H,1-3,8-11,13,15H2,(H,23,25). The molecule has 2 aliphatic rings. The molecule has 1 aromatic carbocycles. The summed E-state index contributed by atoms with van der Waals surface area (Å²) in [5, 5.41) is 3.89. The minimum Gasteiger partial charge on any atom is -0.454 e. The molecule has 0 radical (unpaired) electrons. The molecule has 1 saturated heterocycles. The maximum Gasteiger partial charge on any atom is 0.253 e. The predicted octanol–water partition coefficient (Wildman–Crippen LogP) is 3.32. The van der Waals surface area contributed by atoms with Crippen LogP contribution in [0.15, 0.2) is 41.6 Å². The number of hydrogen-bond acceptors (Lipinski definition) is 6. The molecule has 7 heteroatoms. The zero-order valence-electron chi connectivity index (χ0n) is 15.9. The van der Waals surface area contributed by atoms with Crippen molar-refractivity contribution >= 4 is 17.7 Å². The summed E-state index contributed by atoms with van der Waals surface area (Å²) in [5.74, 6) is 2.37. The number of carbonyl (C=O) groups is 1. The van der Waals surface area contributed by atoms with Crippen molar-refractivity contribution in [2.75, 3.05) is 32.2 Å². The van der Waals surface area contributed by atoms with Gasteiger partial charge < -0.3 is 19.7 Å². The minimum absolute atomic E-state index is 0.130. The topological polar surface area (TPSA) is 63.7 Å². The first kappa shape index (κ1) is 19.1. The van der Waals surface area contributed by atoms with Gasteiger partial charge in [0, 0.05) is 25.0 Å². The van der Waals surface area contributed by atoms with Crippen LogP contribution in [0.2, 0.25) is 0 Å². The summed E-state index contributed by atoms with van der Waals surface area (Å²) in [4.78, 5) is 19.3. The SMILES string of the molecule is O=C(NCc1ccc2c(c1)OCO2)c1ccc(SCCN2CCCCC2)nc1. The van der Waals surface area contributed by atoms with Gasteiger partial charge in [0.1, 0.15) is 0 Å². The molecule has 3 heterocycles. The van der Waals surface area contributed by atoms with E-state index in [1.807, 2.05) is 30.3 Å². The van der Waals surface area contributed by atoms with Gasteiger partial charge in [-0.1, -0.05) is 12.5 Å². The van der Waals surface area contributed by atoms with Gasteiger partial charge in [0.05, 0.1) is 10.6 Å². The summed E-state index contributed by atoms with van der Waals surface area (Å²) < 4.78 is 10.7. The molecule has 0 aliphatic carbocycles. The molecule has 1 amide bonds. The molecule has 0 saturated carbocycles. The van der Waals surface area contributed by atoms with Gasteiger partial charge in [0.15, 0.2) is 11.5 Å². The maximum absolute atomic E-state index is 12.4. The number of aromatic nitrogens is 1. The average Bonchev–Trinajstić information content (AvgIpc) is 3.21. The van der Waals surface area contributed by atoms with E-state index in [-0.39, 0.29) is 12.7 Å². The second kappa shape index (κ2) is 9.30. The number of fused-ring (bicyclic) bond motifs is 1. The van der Waals surface area contributed by atoms with Crippen LogP contribution in [0.25, 0.3) is 0 Å². The first-order valence-electron chi connectivity index (χ1n) is 9.76. The Morgan fingerprint density at radius 1 is 1.11 bits per heavy atom. The number of ether oxygens (including phenoxy) is 2. The van der Waals surface area contributed by atoms with Crippen molar-refractivity contribution in [2.45, 2.75) is 30.8 Å². The summed E-state index contributed by atoms with van der Waals surface area (Å²) in [5.41, 5.74) is 1.54. The molecule has 6 nitrogen and oxygen atoms in total. The number of amides is 1. The van der Waals surface area contributed by atoms with Gasteiger partial charge in [-0.3, -0.25) is 4.79 Å². The normalized spacial score (nSPS) is 16.1. The molecule has 1 fully saturated rings. The summed E-state index contributed by atoms with van der Waals surface area (Å²) in [6.45, 7) is 4.22. The third kappa shape index (κ3) is 4.97. The molecule has 1 aromatic heterocycles. The van der Waals surface area contributed by atoms with Crippen molar-refractivity contribution in [3.63, 3.8) is 0 Å². The highest BCUT2D eigenvalue weighted by Gasteiger charge is 2.14. The maximum atomic E-state index is 12.4. The number of nitrogens with one attached hydrogen (secondary N) is 1. The van der Waals surface area contributed by atoms with Crippen molar-refractivity contribution in [3.8, 4) is 11.5 Å². The zero-order chi connectivity index (χ0) is 19.2. The number of likely N-dealkylation sites (tertiary alicyclic amines) is 1. The second-order valence-corrected chi connectivity index (χ2v) is 8.12. The van der Waals surface area contributed by atoms with Crippen molar-refractivity contribution < 1.29 is 14.3 Å². The number of thioether (sulfide) groups is 1. The van der Waals surface area contributed by atoms with E-state index in [1.54, 1.807) is 18.0 Å². The number of nitrogens with zero attached hydrogens (tertiary/aromatic N) is 2. The third-order valence-electron chi connectivity index (χ3n) is 4.99. The van der Waals surface area contributed by atoms with E-state index in [1.165, 1.54) is 32.4 Å². The number of carbonyl (C=O) groups excluding carboxylic acids is 1. The highest BCUT2D eigenvalue weighted by Crippen LogP contribution is 2.32. The summed E-state index contributed by atoms with van der Waals surface area (Å²) in [6, 6.07) is 9.44. The van der Waals surface area contributed by atoms with Crippen LogP contribution in [-0.2, 0) is 6.54 Å². The van der Waals surface area contributed by atoms with Gasteiger partial charge in [-0.15, -0.1) is 11.8 Å². The molecular weight excluding hydrogens is 374 g/mol. The summed E-state index contributed by atoms with van der Waals surface area (Å²) in [7, 11) is 0. The van der Waals surface area contributed by atoms with Gasteiger partial charge in [0.25, 0.3) is 5.91 Å². The lowest BCUT2D eigenvalue weighted by Gasteiger charge is -2.25. The Kier molecular flexibility index (Phi) is 6.34. The Bertz CT molecular complexity index is 807. The lowest BCUT2D eigenvalue weighted by molar-refractivity contribution is 0.0950. The van der Waals surface area contributed by atoms with Crippen LogP contribution in [0.1, 0.15) is 35.2 Å². The summed E-state index contributed by atoms with van der Waals surface area (Å²) in [6.07, 6.45) is 5.65. The fourth-order valence-electron chi connectivity index (χ4n) is 3.40. The van der Waals surface area contributed by atoms with Gasteiger partial charge >= 0.3 is 0 Å². The van der Waals surface area contributed by atoms with E-state index in [4.69, 9.17) is 9.47 Å². The van der Waals surface area contributed by atoms with Gasteiger partial charge in [-0.25, -0.2) is 4.98 Å². The minimum atomic E-state index is -0.130. The van der Waals surface area contributed by atoms with Crippen LogP contribution in [0.3, 0.4) is 0 Å². The Morgan fingerprint density at radius 2 is 1.96 bits per heavy atom. The Hall–Kier alpha value is -2.25. The van der Waals surface area contributed by atoms with Crippen LogP contribution >= 0.6 is 11.8 Å². The highest BCUT2D eigenvalue weighted by molar-refractivity contribution is 7.99. The van der Waals surface area contributed by atoms with Crippen LogP contribution < -0.4 is 14.8 Å². The first-order valence-corrected chi connectivity index (χ1v) is 10.7. The van der Waals surface area contributed by atoms with E-state index in [0.29, 0.717) is 12.1 Å². The van der Waals surface area contributed by atoms with Gasteiger partial charge in [0.2, 0.25) is 6.79 Å². The Labute approximate surface area is 169 Å². The van der Waals surface area contributed by atoms with E-state index < -0.39 is 0 Å². The van der Waals surface area contributed by atoms with Crippen molar-refractivity contribution in [3.05, 3.63) is 47.7 Å². The molecular formula is C21H25N3O3S. The fraction of sp³-hybridized carbons (Fsp3) is 0.429. The molecule has 2 aromatic rings. The number of piperidine rings is 1. The van der Waals surface area contributed by atoms with Crippen molar-refractivity contribution in [2.24, 2.45) is 0 Å². The second-order valence-electron chi connectivity index (χ2n) is 7.01. The fourth-order valence-corrected chi connectivity index (χ4v) is 4.25. The molecule has 1 N–H and O–H groups in total. The van der Waals surface area contributed by atoms with E-state index in [0.717, 1.165) is 34.4 Å². The molecule has 148 valence electrons. The molecule has 4 rings (SSSR count).